The lowest BCUT2D eigenvalue weighted by molar-refractivity contribution is 0.0939. The summed E-state index contributed by atoms with van der Waals surface area (Å²) in [6.07, 6.45) is 0. The average molecular weight is 284 g/mol. The van der Waals surface area contributed by atoms with E-state index in [9.17, 15) is 4.79 Å². The van der Waals surface area contributed by atoms with Gasteiger partial charge in [-0.25, -0.2) is 0 Å². The fourth-order valence-corrected chi connectivity index (χ4v) is 2.23. The third kappa shape index (κ3) is 3.54. The first-order valence-corrected chi connectivity index (χ1v) is 6.82. The summed E-state index contributed by atoms with van der Waals surface area (Å²) in [5.74, 6) is 0.610. The van der Waals surface area contributed by atoms with E-state index in [-0.39, 0.29) is 11.9 Å². The Morgan fingerprint density at radius 2 is 2.00 bits per heavy atom. The molecular weight excluding hydrogens is 264 g/mol. The number of amides is 1. The minimum atomic E-state index is -0.159. The van der Waals surface area contributed by atoms with Crippen molar-refractivity contribution in [3.8, 4) is 5.75 Å². The first-order chi connectivity index (χ1) is 10.0. The number of aryl methyl sites for hydroxylation is 1. The highest BCUT2D eigenvalue weighted by Gasteiger charge is 2.15. The Bertz CT molecular complexity index is 653. The minimum Gasteiger partial charge on any atom is -0.496 e. The number of anilines is 1. The number of carbonyl (C=O) groups is 1. The average Bonchev–Trinajstić information content (AvgIpc) is 2.47. The van der Waals surface area contributed by atoms with E-state index in [1.165, 1.54) is 0 Å². The molecule has 0 radical (unpaired) electrons. The van der Waals surface area contributed by atoms with Gasteiger partial charge in [0.1, 0.15) is 5.75 Å². The lowest BCUT2D eigenvalue weighted by Crippen LogP contribution is -2.27. The van der Waals surface area contributed by atoms with Crippen LogP contribution in [0.2, 0.25) is 0 Å². The maximum absolute atomic E-state index is 12.3. The van der Waals surface area contributed by atoms with Gasteiger partial charge >= 0.3 is 0 Å². The lowest BCUT2D eigenvalue weighted by atomic mass is 10.0. The van der Waals surface area contributed by atoms with Crippen LogP contribution in [-0.4, -0.2) is 13.0 Å². The molecule has 1 atom stereocenters. The molecule has 110 valence electrons. The van der Waals surface area contributed by atoms with Gasteiger partial charge in [0.15, 0.2) is 0 Å². The number of carbonyl (C=O) groups excluding carboxylic acids is 1. The van der Waals surface area contributed by atoms with Crippen molar-refractivity contribution in [2.45, 2.75) is 19.9 Å². The molecule has 0 heterocycles. The number of rotatable bonds is 4. The maximum Gasteiger partial charge on any atom is 0.251 e. The molecule has 2 aromatic rings. The van der Waals surface area contributed by atoms with Crippen LogP contribution in [0.4, 0.5) is 5.69 Å². The highest BCUT2D eigenvalue weighted by molar-refractivity contribution is 5.95. The molecule has 0 spiro atoms. The number of benzene rings is 2. The van der Waals surface area contributed by atoms with Gasteiger partial charge in [-0.2, -0.15) is 0 Å². The van der Waals surface area contributed by atoms with Gasteiger partial charge < -0.3 is 15.8 Å². The Labute approximate surface area is 124 Å². The van der Waals surface area contributed by atoms with Gasteiger partial charge in [-0.15, -0.1) is 0 Å². The summed E-state index contributed by atoms with van der Waals surface area (Å²) in [5, 5.41) is 2.97. The molecule has 0 aliphatic rings. The van der Waals surface area contributed by atoms with E-state index in [2.05, 4.69) is 5.32 Å². The molecular formula is C17H20N2O2. The smallest absolute Gasteiger partial charge is 0.251 e. The zero-order valence-electron chi connectivity index (χ0n) is 12.5. The molecule has 1 unspecified atom stereocenters. The van der Waals surface area contributed by atoms with Gasteiger partial charge in [0.05, 0.1) is 13.2 Å². The van der Waals surface area contributed by atoms with Crippen LogP contribution in [0.1, 0.15) is 34.5 Å². The molecule has 0 saturated heterocycles. The largest absolute Gasteiger partial charge is 0.496 e. The number of nitrogens with one attached hydrogen (secondary N) is 1. The lowest BCUT2D eigenvalue weighted by Gasteiger charge is -2.18. The molecule has 21 heavy (non-hydrogen) atoms. The summed E-state index contributed by atoms with van der Waals surface area (Å²) in [5.41, 5.74) is 8.90. The van der Waals surface area contributed by atoms with Crippen molar-refractivity contribution in [3.05, 3.63) is 59.2 Å². The maximum atomic E-state index is 12.3. The van der Waals surface area contributed by atoms with Gasteiger partial charge in [0.2, 0.25) is 0 Å². The molecule has 0 fully saturated rings. The second kappa shape index (κ2) is 6.31. The van der Waals surface area contributed by atoms with Crippen molar-refractivity contribution < 1.29 is 9.53 Å². The summed E-state index contributed by atoms with van der Waals surface area (Å²) in [4.78, 5) is 12.3. The van der Waals surface area contributed by atoms with Gasteiger partial charge in [-0.3, -0.25) is 4.79 Å². The van der Waals surface area contributed by atoms with E-state index in [1.54, 1.807) is 31.4 Å². The minimum absolute atomic E-state index is 0.154. The van der Waals surface area contributed by atoms with Gasteiger partial charge in [0.25, 0.3) is 5.91 Å². The Hall–Kier alpha value is -2.49. The first-order valence-electron chi connectivity index (χ1n) is 6.82. The van der Waals surface area contributed by atoms with Crippen LogP contribution in [-0.2, 0) is 0 Å². The number of methoxy groups -OCH3 is 1. The van der Waals surface area contributed by atoms with Crippen molar-refractivity contribution >= 4 is 11.6 Å². The highest BCUT2D eigenvalue weighted by atomic mass is 16.5. The molecule has 4 nitrogen and oxygen atoms in total. The normalized spacial score (nSPS) is 11.8. The summed E-state index contributed by atoms with van der Waals surface area (Å²) in [7, 11) is 1.63. The summed E-state index contributed by atoms with van der Waals surface area (Å²) < 4.78 is 5.36. The van der Waals surface area contributed by atoms with Gasteiger partial charge in [-0.05, 0) is 38.1 Å². The molecule has 0 aliphatic heterocycles. The topological polar surface area (TPSA) is 64.3 Å². The zero-order valence-corrected chi connectivity index (χ0v) is 12.5. The van der Waals surface area contributed by atoms with Gasteiger partial charge in [0, 0.05) is 16.8 Å². The molecule has 4 heteroatoms. The van der Waals surface area contributed by atoms with E-state index in [0.29, 0.717) is 11.3 Å². The van der Waals surface area contributed by atoms with E-state index >= 15 is 0 Å². The Morgan fingerprint density at radius 3 is 2.67 bits per heavy atom. The van der Waals surface area contributed by atoms with Crippen LogP contribution >= 0.6 is 0 Å². The SMILES string of the molecule is COc1ccc(C)cc1C(C)NC(=O)c1cccc(N)c1. The van der Waals surface area contributed by atoms with Crippen LogP contribution in [0.25, 0.3) is 0 Å². The number of nitrogens with two attached hydrogens (primary N) is 1. The van der Waals surface area contributed by atoms with Crippen molar-refractivity contribution in [1.82, 2.24) is 5.32 Å². The Morgan fingerprint density at radius 1 is 1.24 bits per heavy atom. The highest BCUT2D eigenvalue weighted by Crippen LogP contribution is 2.26. The Balaban J connectivity index is 2.20. The standard InChI is InChI=1S/C17H20N2O2/c1-11-7-8-16(21-3)15(9-11)12(2)19-17(20)13-5-4-6-14(18)10-13/h4-10,12H,18H2,1-3H3,(H,19,20). The molecule has 0 bridgehead atoms. The fraction of sp³-hybridized carbons (Fsp3) is 0.235. The molecule has 1 amide bonds. The first kappa shape index (κ1) is 14.9. The van der Waals surface area contributed by atoms with Crippen LogP contribution in [0, 0.1) is 6.92 Å². The van der Waals surface area contributed by atoms with Crippen LogP contribution in [0.5, 0.6) is 5.75 Å². The van der Waals surface area contributed by atoms with Crippen LogP contribution < -0.4 is 15.8 Å². The molecule has 0 aromatic heterocycles. The molecule has 0 saturated carbocycles. The van der Waals surface area contributed by atoms with Crippen molar-refractivity contribution in [2.75, 3.05) is 12.8 Å². The van der Waals surface area contributed by atoms with Crippen molar-refractivity contribution in [1.29, 1.82) is 0 Å². The fourth-order valence-electron chi connectivity index (χ4n) is 2.23. The summed E-state index contributed by atoms with van der Waals surface area (Å²) in [6, 6.07) is 12.7. The molecule has 2 aromatic carbocycles. The van der Waals surface area contributed by atoms with Gasteiger partial charge in [-0.1, -0.05) is 23.8 Å². The quantitative estimate of drug-likeness (QED) is 0.848. The number of hydrogen-bond acceptors (Lipinski definition) is 3. The molecule has 2 rings (SSSR count). The third-order valence-electron chi connectivity index (χ3n) is 3.35. The Kier molecular flexibility index (Phi) is 4.48. The zero-order chi connectivity index (χ0) is 15.4. The van der Waals surface area contributed by atoms with Crippen LogP contribution in [0.15, 0.2) is 42.5 Å². The summed E-state index contributed by atoms with van der Waals surface area (Å²) in [6.45, 7) is 3.94. The second-order valence-electron chi connectivity index (χ2n) is 5.07. The summed E-state index contributed by atoms with van der Waals surface area (Å²) >= 11 is 0. The predicted molar refractivity (Wildman–Crippen MR) is 84.5 cm³/mol. The van der Waals surface area contributed by atoms with E-state index in [1.807, 2.05) is 32.0 Å². The second-order valence-corrected chi connectivity index (χ2v) is 5.07. The number of nitrogen functional groups attached to an aromatic ring is 1. The number of hydrogen-bond donors (Lipinski definition) is 2. The number of ether oxygens (including phenoxy) is 1. The third-order valence-corrected chi connectivity index (χ3v) is 3.35. The molecule has 0 aliphatic carbocycles. The monoisotopic (exact) mass is 284 g/mol. The van der Waals surface area contributed by atoms with Crippen LogP contribution in [0.3, 0.4) is 0 Å². The molecule has 3 N–H and O–H groups in total. The van der Waals surface area contributed by atoms with Crippen molar-refractivity contribution in [3.63, 3.8) is 0 Å². The van der Waals surface area contributed by atoms with E-state index in [0.717, 1.165) is 16.9 Å². The van der Waals surface area contributed by atoms with E-state index < -0.39 is 0 Å². The predicted octanol–water partition coefficient (Wildman–Crippen LogP) is 3.08. The van der Waals surface area contributed by atoms with E-state index in [4.69, 9.17) is 10.5 Å². The van der Waals surface area contributed by atoms with Crippen molar-refractivity contribution in [2.24, 2.45) is 0 Å².